The van der Waals surface area contributed by atoms with E-state index >= 15 is 0 Å². The lowest BCUT2D eigenvalue weighted by atomic mass is 9.92. The summed E-state index contributed by atoms with van der Waals surface area (Å²) >= 11 is 0. The summed E-state index contributed by atoms with van der Waals surface area (Å²) in [6.07, 6.45) is -0.364. The fourth-order valence-electron chi connectivity index (χ4n) is 11.8. The van der Waals surface area contributed by atoms with Crippen molar-refractivity contribution in [2.75, 3.05) is 181 Å². The summed E-state index contributed by atoms with van der Waals surface area (Å²) < 4.78 is 90.5. The molecule has 8 aromatic carbocycles. The van der Waals surface area contributed by atoms with Gasteiger partial charge >= 0.3 is 47.8 Å². The average Bonchev–Trinajstić information content (AvgIpc) is 1.03. The zero-order chi connectivity index (χ0) is 93.7. The van der Waals surface area contributed by atoms with Gasteiger partial charge in [0.1, 0.15) is 52.9 Å². The molecule has 0 atom stereocenters. The van der Waals surface area contributed by atoms with E-state index in [1.54, 1.807) is 97.1 Å². The maximum absolute atomic E-state index is 12.5. The van der Waals surface area contributed by atoms with Gasteiger partial charge in [0.25, 0.3) is 22.7 Å². The molecule has 8 rings (SSSR count). The Labute approximate surface area is 746 Å². The highest BCUT2D eigenvalue weighted by molar-refractivity contribution is 5.76. The number of benzene rings is 8. The van der Waals surface area contributed by atoms with Crippen LogP contribution in [-0.2, 0) is 166 Å². The maximum Gasteiger partial charge on any atom is 0.310 e. The Kier molecular flexibility index (Phi) is 45.2. The number of nitro benzene ring substituents is 4. The number of ether oxygens (including phenoxy) is 16. The molecular formula is C90H104N8O32. The third-order valence-corrected chi connectivity index (χ3v) is 18.5. The van der Waals surface area contributed by atoms with Crippen LogP contribution in [-0.4, -0.2) is 226 Å². The van der Waals surface area contributed by atoms with Crippen LogP contribution < -0.4 is 22.9 Å². The van der Waals surface area contributed by atoms with E-state index in [2.05, 4.69) is 0 Å². The van der Waals surface area contributed by atoms with Crippen molar-refractivity contribution in [2.45, 2.75) is 51.4 Å². The molecule has 0 radical (unpaired) electrons. The van der Waals surface area contributed by atoms with Gasteiger partial charge in [-0.3, -0.25) is 78.8 Å². The molecule has 0 saturated carbocycles. The topological polar surface area (TPSA) is 561 Å². The number of nitrogen functional groups attached to an aromatic ring is 4. The smallest absolute Gasteiger partial charge is 0.310 e. The van der Waals surface area contributed by atoms with E-state index in [1.807, 2.05) is 0 Å². The van der Waals surface area contributed by atoms with Crippen molar-refractivity contribution in [3.05, 3.63) is 279 Å². The largest absolute Gasteiger partial charge is 0.463 e. The second-order valence-electron chi connectivity index (χ2n) is 29.3. The van der Waals surface area contributed by atoms with Crippen molar-refractivity contribution in [2.24, 2.45) is 10.8 Å². The molecule has 0 heterocycles. The van der Waals surface area contributed by atoms with Crippen molar-refractivity contribution in [3.63, 3.8) is 0 Å². The van der Waals surface area contributed by atoms with Crippen molar-refractivity contribution >= 4 is 93.3 Å². The first-order valence-corrected chi connectivity index (χ1v) is 40.8. The number of nitrogens with zero attached hydrogens (tertiary/aromatic N) is 4. The van der Waals surface area contributed by atoms with E-state index in [4.69, 9.17) is 98.7 Å². The third-order valence-electron chi connectivity index (χ3n) is 18.5. The van der Waals surface area contributed by atoms with Gasteiger partial charge in [-0.25, -0.2) is 0 Å². The molecule has 0 aromatic heterocycles. The Balaban J connectivity index is 0.000000358. The quantitative estimate of drug-likeness (QED) is 0.00694. The van der Waals surface area contributed by atoms with E-state index in [9.17, 15) is 78.8 Å². The number of anilines is 4. The molecular weight excluding hydrogens is 1710 g/mol. The predicted molar refractivity (Wildman–Crippen MR) is 465 cm³/mol. The molecule has 40 nitrogen and oxygen atoms in total. The highest BCUT2D eigenvalue weighted by atomic mass is 16.7. The zero-order valence-electron chi connectivity index (χ0n) is 71.3. The zero-order valence-corrected chi connectivity index (χ0v) is 71.3. The maximum atomic E-state index is 12.5. The first-order valence-electron chi connectivity index (χ1n) is 40.8. The number of esters is 8. The van der Waals surface area contributed by atoms with E-state index in [1.165, 1.54) is 97.1 Å². The Morgan fingerprint density at radius 1 is 0.200 bits per heavy atom. The molecule has 130 heavy (non-hydrogen) atoms. The molecule has 0 saturated heterocycles. The van der Waals surface area contributed by atoms with Crippen molar-refractivity contribution in [1.82, 2.24) is 0 Å². The van der Waals surface area contributed by atoms with Crippen LogP contribution in [0.5, 0.6) is 0 Å². The van der Waals surface area contributed by atoms with Crippen LogP contribution >= 0.6 is 0 Å². The second kappa shape index (κ2) is 56.9. The standard InChI is InChI=1S/C45H48N4O20.C45H56N4O12/c50-41(25-33-1-9-37(10-2-33)46(54)55)66-21-17-62-29-45(30-63-18-22-67-42(51)26-34-3-11-38(12-4-34)47(56)57,31-64-19-23-68-43(52)27-35-5-13-39(14-6-35)48(58)59)32-65-20-24-69-44(53)28-36-7-15-40(16-8-36)49(60)61;46-37-9-1-33(2-10-37)25-41(50)58-21-17-54-29-45(30-55-18-22-59-42(51)26-34-3-11-38(47)12-4-34,31-56-19-23-60-43(52)27-35-5-13-39(48)14-6-35)32-57-20-24-61-44(53)28-36-7-15-40(49)16-8-36/h1-16H,17-32H2;1-16H,17-32,46-49H2. The number of nitrogens with two attached hydrogens (primary N) is 4. The molecule has 0 fully saturated rings. The van der Waals surface area contributed by atoms with Gasteiger partial charge in [-0.2, -0.15) is 0 Å². The molecule has 8 aromatic rings. The molecule has 0 aliphatic carbocycles. The number of rotatable bonds is 60. The summed E-state index contributed by atoms with van der Waals surface area (Å²) in [5.74, 6) is -4.22. The van der Waals surface area contributed by atoms with Crippen molar-refractivity contribution < 1.29 is 134 Å². The first-order chi connectivity index (χ1) is 62.6. The Morgan fingerprint density at radius 2 is 0.315 bits per heavy atom. The monoisotopic (exact) mass is 1810 g/mol. The third kappa shape index (κ3) is 42.1. The summed E-state index contributed by atoms with van der Waals surface area (Å²) in [5.41, 5.74) is 27.6. The Bertz CT molecular complexity index is 4260. The Hall–Kier alpha value is -14.0. The van der Waals surface area contributed by atoms with Gasteiger partial charge in [0.15, 0.2) is 0 Å². The Morgan fingerprint density at radius 3 is 0.431 bits per heavy atom. The lowest BCUT2D eigenvalue weighted by Gasteiger charge is -2.33. The number of carbonyl (C=O) groups is 8. The fraction of sp³-hybridized carbons (Fsp3) is 0.378. The van der Waals surface area contributed by atoms with Gasteiger partial charge in [0.2, 0.25) is 0 Å². The van der Waals surface area contributed by atoms with Gasteiger partial charge in [-0.15, -0.1) is 0 Å². The van der Waals surface area contributed by atoms with Crippen molar-refractivity contribution in [3.8, 4) is 0 Å². The molecule has 0 amide bonds. The van der Waals surface area contributed by atoms with Gasteiger partial charge in [0, 0.05) is 71.3 Å². The van der Waals surface area contributed by atoms with E-state index < -0.39 is 78.3 Å². The van der Waals surface area contributed by atoms with Gasteiger partial charge in [0.05, 0.1) is 188 Å². The van der Waals surface area contributed by atoms with Crippen molar-refractivity contribution in [1.29, 1.82) is 0 Å². The lowest BCUT2D eigenvalue weighted by molar-refractivity contribution is -0.385. The predicted octanol–water partition coefficient (Wildman–Crippen LogP) is 8.33. The number of hydrogen-bond acceptors (Lipinski definition) is 36. The van der Waals surface area contributed by atoms with Gasteiger partial charge in [-0.05, 0) is 93.0 Å². The molecule has 8 N–H and O–H groups in total. The van der Waals surface area contributed by atoms with Crippen LogP contribution in [0.15, 0.2) is 194 Å². The SMILES string of the molecule is Nc1ccc(CC(=O)OCCOCC(COCCOC(=O)Cc2ccc(N)cc2)(COCCOC(=O)Cc2ccc(N)cc2)COCCOC(=O)Cc2ccc(N)cc2)cc1.O=C(Cc1ccc([N+](=O)[O-])cc1)OCCOCC(COCCOC(=O)Cc1ccc([N+](=O)[O-])cc1)(COCCOC(=O)Cc1ccc([N+](=O)[O-])cc1)COCCOC(=O)Cc1ccc([N+](=O)[O-])cc1. The molecule has 0 aliphatic rings. The van der Waals surface area contributed by atoms with E-state index in [-0.39, 0.29) is 233 Å². The number of hydrogen-bond donors (Lipinski definition) is 4. The number of carbonyl (C=O) groups excluding carboxylic acids is 8. The molecule has 696 valence electrons. The van der Waals surface area contributed by atoms with Gasteiger partial charge in [-0.1, -0.05) is 97.1 Å². The normalized spacial score (nSPS) is 11.1. The molecule has 0 spiro atoms. The number of non-ortho nitro benzene ring substituents is 4. The van der Waals surface area contributed by atoms with Crippen LogP contribution in [0.4, 0.5) is 45.5 Å². The summed E-state index contributed by atoms with van der Waals surface area (Å²) in [4.78, 5) is 141. The molecule has 0 aliphatic heterocycles. The fourth-order valence-corrected chi connectivity index (χ4v) is 11.8. The first kappa shape index (κ1) is 103. The van der Waals surface area contributed by atoms with Crippen LogP contribution in [0.1, 0.15) is 44.5 Å². The molecule has 0 bridgehead atoms. The summed E-state index contributed by atoms with van der Waals surface area (Å²) in [7, 11) is 0. The minimum Gasteiger partial charge on any atom is -0.463 e. The van der Waals surface area contributed by atoms with Crippen LogP contribution in [0.25, 0.3) is 0 Å². The second-order valence-corrected chi connectivity index (χ2v) is 29.3. The van der Waals surface area contributed by atoms with E-state index in [0.29, 0.717) is 45.0 Å². The minimum atomic E-state index is -1.16. The van der Waals surface area contributed by atoms with Crippen LogP contribution in [0.3, 0.4) is 0 Å². The molecule has 0 unspecified atom stereocenters. The summed E-state index contributed by atoms with van der Waals surface area (Å²) in [6.45, 7) is -1.64. The lowest BCUT2D eigenvalue weighted by Crippen LogP contribution is -2.43. The van der Waals surface area contributed by atoms with Crippen LogP contribution in [0.2, 0.25) is 0 Å². The molecule has 40 heteroatoms. The summed E-state index contributed by atoms with van der Waals surface area (Å²) in [5, 5.41) is 43.8. The number of nitro groups is 4. The highest BCUT2D eigenvalue weighted by Crippen LogP contribution is 2.25. The average molecular weight is 1810 g/mol. The summed E-state index contributed by atoms with van der Waals surface area (Å²) in [6, 6.07) is 49.3. The van der Waals surface area contributed by atoms with Gasteiger partial charge < -0.3 is 98.7 Å². The highest BCUT2D eigenvalue weighted by Gasteiger charge is 2.35. The minimum absolute atomic E-state index is 0.0211. The van der Waals surface area contributed by atoms with E-state index in [0.717, 1.165) is 22.3 Å². The van der Waals surface area contributed by atoms with Crippen LogP contribution in [0, 0.1) is 51.3 Å².